The molecule has 1 aromatic carbocycles. The summed E-state index contributed by atoms with van der Waals surface area (Å²) in [6.45, 7) is 2.25. The Labute approximate surface area is 114 Å². The predicted octanol–water partition coefficient (Wildman–Crippen LogP) is 1.18. The number of likely N-dealkylation sites (N-methyl/N-ethyl adjacent to an activating group) is 1. The second kappa shape index (κ2) is 8.50. The first-order valence-electron chi connectivity index (χ1n) is 6.42. The fourth-order valence-electron chi connectivity index (χ4n) is 1.75. The minimum atomic E-state index is -0.0137. The average molecular weight is 265 g/mol. The molecule has 106 valence electrons. The highest BCUT2D eigenvalue weighted by molar-refractivity contribution is 5.92. The zero-order chi connectivity index (χ0) is 14.1. The second-order valence-electron chi connectivity index (χ2n) is 4.48. The van der Waals surface area contributed by atoms with Crippen molar-refractivity contribution < 1.29 is 9.53 Å². The van der Waals surface area contributed by atoms with Crippen molar-refractivity contribution in [3.05, 3.63) is 24.3 Å². The summed E-state index contributed by atoms with van der Waals surface area (Å²) in [4.78, 5) is 13.9. The van der Waals surface area contributed by atoms with Gasteiger partial charge in [-0.25, -0.2) is 0 Å². The van der Waals surface area contributed by atoms with Crippen LogP contribution in [-0.4, -0.2) is 51.6 Å². The van der Waals surface area contributed by atoms with Crippen molar-refractivity contribution >= 4 is 11.6 Å². The Morgan fingerprint density at radius 1 is 1.42 bits per heavy atom. The number of methoxy groups -OCH3 is 1. The summed E-state index contributed by atoms with van der Waals surface area (Å²) in [7, 11) is 5.48. The number of benzene rings is 1. The van der Waals surface area contributed by atoms with E-state index in [9.17, 15) is 4.79 Å². The molecule has 0 heterocycles. The van der Waals surface area contributed by atoms with Crippen molar-refractivity contribution in [2.24, 2.45) is 0 Å². The Morgan fingerprint density at radius 3 is 2.89 bits per heavy atom. The van der Waals surface area contributed by atoms with Crippen LogP contribution in [-0.2, 0) is 4.79 Å². The Hall–Kier alpha value is -1.59. The first-order valence-corrected chi connectivity index (χ1v) is 6.42. The van der Waals surface area contributed by atoms with Crippen molar-refractivity contribution in [1.29, 1.82) is 0 Å². The van der Waals surface area contributed by atoms with E-state index in [-0.39, 0.29) is 5.91 Å². The number of ether oxygens (including phenoxy) is 1. The van der Waals surface area contributed by atoms with Gasteiger partial charge in [0.15, 0.2) is 0 Å². The van der Waals surface area contributed by atoms with Gasteiger partial charge in [-0.3, -0.25) is 9.69 Å². The summed E-state index contributed by atoms with van der Waals surface area (Å²) < 4.78 is 5.11. The van der Waals surface area contributed by atoms with Gasteiger partial charge in [0.25, 0.3) is 0 Å². The molecule has 1 aromatic rings. The van der Waals surface area contributed by atoms with Gasteiger partial charge in [0.2, 0.25) is 5.91 Å². The van der Waals surface area contributed by atoms with Gasteiger partial charge in [-0.1, -0.05) is 6.07 Å². The Kier molecular flexibility index (Phi) is 6.92. The van der Waals surface area contributed by atoms with E-state index in [1.165, 1.54) is 0 Å². The summed E-state index contributed by atoms with van der Waals surface area (Å²) in [6, 6.07) is 7.35. The zero-order valence-corrected chi connectivity index (χ0v) is 11.9. The lowest BCUT2D eigenvalue weighted by Gasteiger charge is -2.16. The van der Waals surface area contributed by atoms with Crippen molar-refractivity contribution in [3.63, 3.8) is 0 Å². The van der Waals surface area contributed by atoms with E-state index in [2.05, 4.69) is 10.6 Å². The fraction of sp³-hybridized carbons (Fsp3) is 0.500. The largest absolute Gasteiger partial charge is 0.497 e. The maximum Gasteiger partial charge on any atom is 0.238 e. The molecule has 0 saturated carbocycles. The van der Waals surface area contributed by atoms with E-state index in [1.54, 1.807) is 13.2 Å². The highest BCUT2D eigenvalue weighted by atomic mass is 16.5. The minimum Gasteiger partial charge on any atom is -0.497 e. The number of nitrogens with one attached hydrogen (secondary N) is 2. The standard InChI is InChI=1S/C14H23N3O2/c1-15-8-5-9-17(2)11-14(18)16-12-6-4-7-13(10-12)19-3/h4,6-7,10,15H,5,8-9,11H2,1-3H3,(H,16,18). The summed E-state index contributed by atoms with van der Waals surface area (Å²) in [6.07, 6.45) is 1.03. The molecule has 0 radical (unpaired) electrons. The van der Waals surface area contributed by atoms with E-state index >= 15 is 0 Å². The van der Waals surface area contributed by atoms with Crippen molar-refractivity contribution in [2.75, 3.05) is 46.2 Å². The van der Waals surface area contributed by atoms with Gasteiger partial charge in [-0.2, -0.15) is 0 Å². The summed E-state index contributed by atoms with van der Waals surface area (Å²) in [5.41, 5.74) is 0.757. The van der Waals surface area contributed by atoms with Gasteiger partial charge >= 0.3 is 0 Å². The summed E-state index contributed by atoms with van der Waals surface area (Å²) in [5.74, 6) is 0.723. The molecule has 0 unspecified atom stereocenters. The Morgan fingerprint density at radius 2 is 2.21 bits per heavy atom. The van der Waals surface area contributed by atoms with Crippen LogP contribution in [0.5, 0.6) is 5.75 Å². The van der Waals surface area contributed by atoms with Crippen LogP contribution in [0.1, 0.15) is 6.42 Å². The van der Waals surface area contributed by atoms with E-state index in [1.807, 2.05) is 37.2 Å². The molecule has 19 heavy (non-hydrogen) atoms. The zero-order valence-electron chi connectivity index (χ0n) is 11.9. The van der Waals surface area contributed by atoms with Gasteiger partial charge in [0, 0.05) is 11.8 Å². The first-order chi connectivity index (χ1) is 9.15. The molecule has 0 saturated heterocycles. The third kappa shape index (κ3) is 6.22. The molecule has 0 aliphatic rings. The molecule has 0 aromatic heterocycles. The highest BCUT2D eigenvalue weighted by Crippen LogP contribution is 2.16. The monoisotopic (exact) mass is 265 g/mol. The lowest BCUT2D eigenvalue weighted by molar-refractivity contribution is -0.117. The van der Waals surface area contributed by atoms with Gasteiger partial charge in [-0.05, 0) is 45.7 Å². The number of anilines is 1. The van der Waals surface area contributed by atoms with Crippen molar-refractivity contribution in [2.45, 2.75) is 6.42 Å². The maximum atomic E-state index is 11.8. The van der Waals surface area contributed by atoms with Gasteiger partial charge < -0.3 is 15.4 Å². The number of carbonyl (C=O) groups excluding carboxylic acids is 1. The predicted molar refractivity (Wildman–Crippen MR) is 77.7 cm³/mol. The Balaban J connectivity index is 2.37. The van der Waals surface area contributed by atoms with Gasteiger partial charge in [0.05, 0.1) is 13.7 Å². The van der Waals surface area contributed by atoms with Crippen molar-refractivity contribution in [3.8, 4) is 5.75 Å². The number of hydrogen-bond donors (Lipinski definition) is 2. The normalized spacial score (nSPS) is 10.5. The van der Waals surface area contributed by atoms with Crippen LogP contribution in [0.15, 0.2) is 24.3 Å². The molecule has 0 spiro atoms. The minimum absolute atomic E-state index is 0.0137. The van der Waals surface area contributed by atoms with Crippen LogP contribution in [0.4, 0.5) is 5.69 Å². The summed E-state index contributed by atoms with van der Waals surface area (Å²) >= 11 is 0. The third-order valence-electron chi connectivity index (χ3n) is 2.73. The number of amides is 1. The summed E-state index contributed by atoms with van der Waals surface area (Å²) in [5, 5.41) is 5.95. The van der Waals surface area contributed by atoms with Crippen LogP contribution in [0, 0.1) is 0 Å². The van der Waals surface area contributed by atoms with Gasteiger partial charge in [-0.15, -0.1) is 0 Å². The molecule has 0 aliphatic heterocycles. The molecule has 0 aliphatic carbocycles. The van der Waals surface area contributed by atoms with Crippen LogP contribution >= 0.6 is 0 Å². The average Bonchev–Trinajstić information content (AvgIpc) is 2.39. The number of nitrogens with zero attached hydrogens (tertiary/aromatic N) is 1. The van der Waals surface area contributed by atoms with E-state index in [4.69, 9.17) is 4.74 Å². The van der Waals surface area contributed by atoms with Crippen LogP contribution < -0.4 is 15.4 Å². The van der Waals surface area contributed by atoms with E-state index < -0.39 is 0 Å². The SMILES string of the molecule is CNCCCN(C)CC(=O)Nc1cccc(OC)c1. The lowest BCUT2D eigenvalue weighted by Crippen LogP contribution is -2.31. The molecular weight excluding hydrogens is 242 g/mol. The smallest absolute Gasteiger partial charge is 0.238 e. The topological polar surface area (TPSA) is 53.6 Å². The quantitative estimate of drug-likeness (QED) is 0.693. The fourth-order valence-corrected chi connectivity index (χ4v) is 1.75. The highest BCUT2D eigenvalue weighted by Gasteiger charge is 2.07. The molecule has 0 atom stereocenters. The first kappa shape index (κ1) is 15.5. The van der Waals surface area contributed by atoms with Crippen LogP contribution in [0.3, 0.4) is 0 Å². The number of rotatable bonds is 8. The number of carbonyl (C=O) groups is 1. The second-order valence-corrected chi connectivity index (χ2v) is 4.48. The maximum absolute atomic E-state index is 11.8. The third-order valence-corrected chi connectivity index (χ3v) is 2.73. The lowest BCUT2D eigenvalue weighted by atomic mass is 10.3. The van der Waals surface area contributed by atoms with E-state index in [0.717, 1.165) is 30.9 Å². The van der Waals surface area contributed by atoms with Crippen molar-refractivity contribution in [1.82, 2.24) is 10.2 Å². The van der Waals surface area contributed by atoms with Gasteiger partial charge in [0.1, 0.15) is 5.75 Å². The molecule has 2 N–H and O–H groups in total. The molecule has 1 amide bonds. The molecule has 1 rings (SSSR count). The Bertz CT molecular complexity index is 396. The molecule has 5 heteroatoms. The van der Waals surface area contributed by atoms with Crippen LogP contribution in [0.25, 0.3) is 0 Å². The molecular formula is C14H23N3O2. The molecule has 0 bridgehead atoms. The van der Waals surface area contributed by atoms with E-state index in [0.29, 0.717) is 6.54 Å². The number of hydrogen-bond acceptors (Lipinski definition) is 4. The van der Waals surface area contributed by atoms with Crippen LogP contribution in [0.2, 0.25) is 0 Å². The molecule has 5 nitrogen and oxygen atoms in total. The molecule has 0 fully saturated rings.